The maximum Gasteiger partial charge on any atom is 0.369 e. The van der Waals surface area contributed by atoms with Gasteiger partial charge >= 0.3 is 8.56 Å². The lowest BCUT2D eigenvalue weighted by Gasteiger charge is -2.25. The second-order valence-electron chi connectivity index (χ2n) is 4.53. The van der Waals surface area contributed by atoms with Crippen LogP contribution in [0.5, 0.6) is 5.75 Å². The van der Waals surface area contributed by atoms with Crippen molar-refractivity contribution in [2.45, 2.75) is 6.55 Å². The molecule has 0 aliphatic heterocycles. The number of hydrogen-bond acceptors (Lipinski definition) is 3. The molecule has 0 radical (unpaired) electrons. The van der Waals surface area contributed by atoms with Crippen LogP contribution >= 0.6 is 0 Å². The van der Waals surface area contributed by atoms with Gasteiger partial charge in [-0.25, -0.2) is 0 Å². The summed E-state index contributed by atoms with van der Waals surface area (Å²) in [5.41, 5.74) is 0. The van der Waals surface area contributed by atoms with Crippen molar-refractivity contribution < 1.29 is 13.6 Å². The van der Waals surface area contributed by atoms with Gasteiger partial charge in [0.15, 0.2) is 0 Å². The number of para-hydroxylation sites is 1. The van der Waals surface area contributed by atoms with Crippen LogP contribution in [0.4, 0.5) is 0 Å². The molecule has 0 N–H and O–H groups in total. The fraction of sp³-hybridized carbons (Fsp3) is 0.250. The molecule has 0 aliphatic rings. The summed E-state index contributed by atoms with van der Waals surface area (Å²) in [5.74, 6) is 0.858. The molecule has 1 atom stereocenters. The summed E-state index contributed by atoms with van der Waals surface area (Å²) in [4.78, 5) is 0. The van der Waals surface area contributed by atoms with Crippen LogP contribution in [0, 0.1) is 0 Å². The number of benzene rings is 2. The van der Waals surface area contributed by atoms with Crippen LogP contribution < -0.4 is 9.92 Å². The summed E-state index contributed by atoms with van der Waals surface area (Å²) in [7, 11) is -0.612. The molecular formula is C16H20O3Si. The fourth-order valence-corrected chi connectivity index (χ4v) is 3.70. The molecule has 0 aromatic heterocycles. The zero-order valence-electron chi connectivity index (χ0n) is 11.9. The van der Waals surface area contributed by atoms with Gasteiger partial charge in [0.25, 0.3) is 0 Å². The van der Waals surface area contributed by atoms with Gasteiger partial charge in [-0.3, -0.25) is 0 Å². The molecule has 2 aromatic rings. The standard InChI is InChI=1S/C16H20O3Si/c1-17-20(2,16-11-7-4-8-12-16)19-14-13-18-15-9-5-3-6-10-15/h3-12H,13-14H2,1-2H3. The van der Waals surface area contributed by atoms with Crippen LogP contribution in [0.25, 0.3) is 0 Å². The van der Waals surface area contributed by atoms with Crippen molar-refractivity contribution in [1.82, 2.24) is 0 Å². The molecule has 2 rings (SSSR count). The minimum Gasteiger partial charge on any atom is -0.491 e. The van der Waals surface area contributed by atoms with Crippen LogP contribution in [0.1, 0.15) is 0 Å². The molecule has 2 aromatic carbocycles. The van der Waals surface area contributed by atoms with Crippen LogP contribution in [0.15, 0.2) is 60.7 Å². The minimum atomic E-state index is -2.32. The van der Waals surface area contributed by atoms with E-state index >= 15 is 0 Å². The van der Waals surface area contributed by atoms with Gasteiger partial charge in [-0.2, -0.15) is 0 Å². The Balaban J connectivity index is 1.85. The summed E-state index contributed by atoms with van der Waals surface area (Å²) in [6.07, 6.45) is 0. The first kappa shape index (κ1) is 14.8. The molecule has 0 aliphatic carbocycles. The molecule has 0 fully saturated rings. The highest BCUT2D eigenvalue weighted by Crippen LogP contribution is 2.09. The molecule has 106 valence electrons. The predicted octanol–water partition coefficient (Wildman–Crippen LogP) is 2.71. The summed E-state index contributed by atoms with van der Waals surface area (Å²) < 4.78 is 17.2. The summed E-state index contributed by atoms with van der Waals surface area (Å²) in [6.45, 7) is 3.08. The Morgan fingerprint density at radius 1 is 0.850 bits per heavy atom. The van der Waals surface area contributed by atoms with Crippen LogP contribution in [-0.2, 0) is 8.85 Å². The van der Waals surface area contributed by atoms with Crippen LogP contribution in [0.2, 0.25) is 6.55 Å². The lowest BCUT2D eigenvalue weighted by atomic mass is 10.3. The normalized spacial score (nSPS) is 13.7. The predicted molar refractivity (Wildman–Crippen MR) is 82.6 cm³/mol. The second kappa shape index (κ2) is 7.24. The van der Waals surface area contributed by atoms with E-state index in [2.05, 4.69) is 0 Å². The third kappa shape index (κ3) is 3.93. The van der Waals surface area contributed by atoms with E-state index < -0.39 is 8.56 Å². The monoisotopic (exact) mass is 288 g/mol. The molecule has 1 unspecified atom stereocenters. The molecular weight excluding hydrogens is 268 g/mol. The molecule has 0 bridgehead atoms. The maximum absolute atomic E-state index is 5.98. The maximum atomic E-state index is 5.98. The van der Waals surface area contributed by atoms with Crippen molar-refractivity contribution in [3.8, 4) is 5.75 Å². The first-order valence-electron chi connectivity index (χ1n) is 6.67. The largest absolute Gasteiger partial charge is 0.491 e. The third-order valence-corrected chi connectivity index (χ3v) is 6.08. The number of hydrogen-bond donors (Lipinski definition) is 0. The van der Waals surface area contributed by atoms with Crippen molar-refractivity contribution in [2.24, 2.45) is 0 Å². The Morgan fingerprint density at radius 2 is 1.45 bits per heavy atom. The van der Waals surface area contributed by atoms with Crippen LogP contribution in [0.3, 0.4) is 0 Å². The Bertz CT molecular complexity index is 504. The Hall–Kier alpha value is -1.62. The Labute approximate surface area is 121 Å². The smallest absolute Gasteiger partial charge is 0.369 e. The average Bonchev–Trinajstić information content (AvgIpc) is 2.53. The van der Waals surface area contributed by atoms with Gasteiger partial charge in [0.05, 0.1) is 6.61 Å². The molecule has 3 nitrogen and oxygen atoms in total. The zero-order chi connectivity index (χ0) is 14.3. The van der Waals surface area contributed by atoms with E-state index in [1.54, 1.807) is 7.11 Å². The van der Waals surface area contributed by atoms with Crippen molar-refractivity contribution >= 4 is 13.7 Å². The minimum absolute atomic E-state index is 0.514. The van der Waals surface area contributed by atoms with E-state index in [1.807, 2.05) is 67.2 Å². The highest BCUT2D eigenvalue weighted by atomic mass is 28.4. The van der Waals surface area contributed by atoms with Gasteiger partial charge in [-0.05, 0) is 23.9 Å². The average molecular weight is 288 g/mol. The van der Waals surface area contributed by atoms with E-state index in [0.717, 1.165) is 10.9 Å². The van der Waals surface area contributed by atoms with Crippen LogP contribution in [-0.4, -0.2) is 28.9 Å². The molecule has 0 amide bonds. The van der Waals surface area contributed by atoms with Crippen molar-refractivity contribution in [1.29, 1.82) is 0 Å². The first-order chi connectivity index (χ1) is 9.74. The Morgan fingerprint density at radius 3 is 2.05 bits per heavy atom. The summed E-state index contributed by atoms with van der Waals surface area (Å²) >= 11 is 0. The third-order valence-electron chi connectivity index (χ3n) is 3.16. The topological polar surface area (TPSA) is 27.7 Å². The van der Waals surface area contributed by atoms with E-state index in [1.165, 1.54) is 0 Å². The van der Waals surface area contributed by atoms with Gasteiger partial charge in [-0.15, -0.1) is 0 Å². The molecule has 0 saturated heterocycles. The van der Waals surface area contributed by atoms with Crippen molar-refractivity contribution in [3.63, 3.8) is 0 Å². The zero-order valence-corrected chi connectivity index (χ0v) is 12.9. The fourth-order valence-electron chi connectivity index (χ4n) is 1.91. The summed E-state index contributed by atoms with van der Waals surface area (Å²) in [6, 6.07) is 19.8. The van der Waals surface area contributed by atoms with Crippen molar-refractivity contribution in [3.05, 3.63) is 60.7 Å². The SMILES string of the molecule is CO[Si](C)(OCCOc1ccccc1)c1ccccc1. The first-order valence-corrected chi connectivity index (χ1v) is 8.99. The van der Waals surface area contributed by atoms with Crippen molar-refractivity contribution in [2.75, 3.05) is 20.3 Å². The van der Waals surface area contributed by atoms with Gasteiger partial charge in [-0.1, -0.05) is 48.5 Å². The molecule has 0 heterocycles. The Kier molecular flexibility index (Phi) is 5.35. The van der Waals surface area contributed by atoms with Gasteiger partial charge in [0.1, 0.15) is 12.4 Å². The molecule has 20 heavy (non-hydrogen) atoms. The van der Waals surface area contributed by atoms with E-state index in [-0.39, 0.29) is 0 Å². The second-order valence-corrected chi connectivity index (χ2v) is 7.69. The van der Waals surface area contributed by atoms with Gasteiger partial charge < -0.3 is 13.6 Å². The molecule has 0 spiro atoms. The van der Waals surface area contributed by atoms with E-state index in [0.29, 0.717) is 13.2 Å². The molecule has 4 heteroatoms. The lowest BCUT2D eigenvalue weighted by Crippen LogP contribution is -2.50. The lowest BCUT2D eigenvalue weighted by molar-refractivity contribution is 0.171. The summed E-state index contributed by atoms with van der Waals surface area (Å²) in [5, 5.41) is 1.13. The number of ether oxygens (including phenoxy) is 1. The quantitative estimate of drug-likeness (QED) is 0.579. The highest BCUT2D eigenvalue weighted by Gasteiger charge is 2.32. The highest BCUT2D eigenvalue weighted by molar-refractivity contribution is 6.79. The van der Waals surface area contributed by atoms with Gasteiger partial charge in [0, 0.05) is 7.11 Å². The van der Waals surface area contributed by atoms with E-state index in [9.17, 15) is 0 Å². The molecule has 0 saturated carbocycles. The number of rotatable bonds is 7. The van der Waals surface area contributed by atoms with Gasteiger partial charge in [0.2, 0.25) is 0 Å². The van der Waals surface area contributed by atoms with E-state index in [4.69, 9.17) is 13.6 Å².